The number of thioether (sulfide) groups is 1. The summed E-state index contributed by atoms with van der Waals surface area (Å²) < 4.78 is 1.53. The van der Waals surface area contributed by atoms with Gasteiger partial charge in [0.1, 0.15) is 4.75 Å². The summed E-state index contributed by atoms with van der Waals surface area (Å²) in [7, 11) is 0. The van der Waals surface area contributed by atoms with E-state index in [0.29, 0.717) is 0 Å². The molecular formula is C28H22BrClN2O4S. The molecule has 5 rings (SSSR count). The average molecular weight is 598 g/mol. The molecule has 9 heteroatoms. The Morgan fingerprint density at radius 1 is 1.08 bits per heavy atom. The van der Waals surface area contributed by atoms with Crippen molar-refractivity contribution in [2.75, 3.05) is 0 Å². The number of allylic oxidation sites excluding steroid dienone is 2. The van der Waals surface area contributed by atoms with Crippen LogP contribution >= 0.6 is 39.3 Å². The monoisotopic (exact) mass is 596 g/mol. The van der Waals surface area contributed by atoms with Gasteiger partial charge in [0.05, 0.1) is 28.0 Å². The van der Waals surface area contributed by atoms with Crippen LogP contribution in [0.5, 0.6) is 0 Å². The highest BCUT2D eigenvalue weighted by atomic mass is 79.9. The molecule has 2 N–H and O–H groups in total. The van der Waals surface area contributed by atoms with Crippen LogP contribution in [0, 0.1) is 5.92 Å². The standard InChI is InChI=1S/C15H12BrClO4S.C13H10N2/c1-8-12(13(18)19)11(17)5-6-15(8,14(20)21)22-10-4-2-3-9(16)7-10;1-2-6-13-11(4-1)7-9-15(13)12-5-3-8-14-10-12/h2-8H,1H3,(H,18,19)(H,20,21);1-10H. The molecule has 2 unspecified atom stereocenters. The van der Waals surface area contributed by atoms with Crippen LogP contribution in [0.15, 0.2) is 117 Å². The van der Waals surface area contributed by atoms with Gasteiger partial charge in [-0.3, -0.25) is 9.78 Å². The second-order valence-corrected chi connectivity index (χ2v) is 10.9. The minimum atomic E-state index is -1.42. The van der Waals surface area contributed by atoms with Crippen molar-refractivity contribution in [1.29, 1.82) is 0 Å². The van der Waals surface area contributed by atoms with Crippen LogP contribution in [0.25, 0.3) is 16.6 Å². The van der Waals surface area contributed by atoms with Gasteiger partial charge in [-0.15, -0.1) is 11.8 Å². The number of rotatable bonds is 5. The number of carboxylic acids is 2. The Kier molecular flexibility index (Phi) is 8.22. The predicted octanol–water partition coefficient (Wildman–Crippen LogP) is 7.17. The Labute approximate surface area is 231 Å². The maximum atomic E-state index is 11.9. The second-order valence-electron chi connectivity index (χ2n) is 8.24. The molecule has 2 heterocycles. The zero-order valence-electron chi connectivity index (χ0n) is 19.6. The van der Waals surface area contributed by atoms with Gasteiger partial charge in [0.2, 0.25) is 0 Å². The number of aliphatic carboxylic acids is 2. The molecule has 0 saturated carbocycles. The number of para-hydroxylation sites is 1. The van der Waals surface area contributed by atoms with E-state index in [1.807, 2.05) is 18.3 Å². The van der Waals surface area contributed by atoms with Crippen molar-refractivity contribution in [3.05, 3.63) is 113 Å². The minimum absolute atomic E-state index is 0.0618. The van der Waals surface area contributed by atoms with Crippen LogP contribution in [0.3, 0.4) is 0 Å². The third-order valence-electron chi connectivity index (χ3n) is 5.98. The van der Waals surface area contributed by atoms with Gasteiger partial charge < -0.3 is 14.8 Å². The summed E-state index contributed by atoms with van der Waals surface area (Å²) in [6.07, 6.45) is 8.54. The smallest absolute Gasteiger partial charge is 0.333 e. The van der Waals surface area contributed by atoms with Gasteiger partial charge in [0.15, 0.2) is 0 Å². The molecule has 1 aliphatic rings. The van der Waals surface area contributed by atoms with Gasteiger partial charge in [-0.05, 0) is 53.9 Å². The molecule has 1 aliphatic carbocycles. The molecule has 0 spiro atoms. The van der Waals surface area contributed by atoms with Gasteiger partial charge in [-0.2, -0.15) is 0 Å². The van der Waals surface area contributed by atoms with E-state index >= 15 is 0 Å². The zero-order valence-corrected chi connectivity index (χ0v) is 22.7. The van der Waals surface area contributed by atoms with Crippen molar-refractivity contribution in [3.8, 4) is 5.69 Å². The van der Waals surface area contributed by atoms with Crippen molar-refractivity contribution in [1.82, 2.24) is 9.55 Å². The molecule has 2 aromatic carbocycles. The van der Waals surface area contributed by atoms with Gasteiger partial charge in [-0.1, -0.05) is 64.8 Å². The summed E-state index contributed by atoms with van der Waals surface area (Å²) in [5.74, 6) is -3.10. The lowest BCUT2D eigenvalue weighted by molar-refractivity contribution is -0.139. The highest BCUT2D eigenvalue weighted by molar-refractivity contribution is 9.10. The van der Waals surface area contributed by atoms with Gasteiger partial charge in [0.25, 0.3) is 0 Å². The normalized spacial score (nSPS) is 18.8. The molecule has 0 radical (unpaired) electrons. The summed E-state index contributed by atoms with van der Waals surface area (Å²) in [6, 6.07) is 21.6. The Bertz CT molecular complexity index is 1520. The van der Waals surface area contributed by atoms with Crippen LogP contribution in [0.4, 0.5) is 0 Å². The van der Waals surface area contributed by atoms with Crippen LogP contribution in [-0.2, 0) is 9.59 Å². The third-order valence-corrected chi connectivity index (χ3v) is 8.30. The van der Waals surface area contributed by atoms with E-state index in [0.717, 1.165) is 26.8 Å². The van der Waals surface area contributed by atoms with Gasteiger partial charge in [-0.25, -0.2) is 4.79 Å². The number of carboxylic acid groups (broad SMARTS) is 2. The number of hydrogen-bond acceptors (Lipinski definition) is 4. The highest BCUT2D eigenvalue weighted by Crippen LogP contribution is 2.47. The third kappa shape index (κ3) is 5.66. The number of benzene rings is 2. The summed E-state index contributed by atoms with van der Waals surface area (Å²) in [5, 5.41) is 20.4. The van der Waals surface area contributed by atoms with Gasteiger partial charge >= 0.3 is 11.9 Å². The van der Waals surface area contributed by atoms with E-state index in [4.69, 9.17) is 11.6 Å². The molecule has 0 amide bonds. The van der Waals surface area contributed by atoms with Crippen molar-refractivity contribution in [2.45, 2.75) is 16.6 Å². The lowest BCUT2D eigenvalue weighted by Gasteiger charge is -2.35. The number of fused-ring (bicyclic) bond motifs is 1. The number of pyridine rings is 1. The SMILES string of the molecule is CC1C(C(=O)O)=C(Cl)C=CC1(Sc1cccc(Br)c1)C(=O)O.c1cncc(-n2ccc3ccccc32)c1. The Balaban J connectivity index is 0.000000184. The molecule has 0 saturated heterocycles. The van der Waals surface area contributed by atoms with E-state index in [1.165, 1.54) is 23.1 Å². The summed E-state index contributed by atoms with van der Waals surface area (Å²) in [4.78, 5) is 28.2. The summed E-state index contributed by atoms with van der Waals surface area (Å²) in [5.41, 5.74) is 2.22. The van der Waals surface area contributed by atoms with Crippen LogP contribution in [0.1, 0.15) is 6.92 Å². The Morgan fingerprint density at radius 3 is 2.54 bits per heavy atom. The lowest BCUT2D eigenvalue weighted by Crippen LogP contribution is -2.43. The maximum absolute atomic E-state index is 11.9. The number of halogens is 2. The first kappa shape index (κ1) is 26.7. The molecule has 0 bridgehead atoms. The van der Waals surface area contributed by atoms with Crippen molar-refractivity contribution in [3.63, 3.8) is 0 Å². The van der Waals surface area contributed by atoms with E-state index < -0.39 is 22.6 Å². The van der Waals surface area contributed by atoms with Crippen molar-refractivity contribution in [2.24, 2.45) is 5.92 Å². The van der Waals surface area contributed by atoms with E-state index in [1.54, 1.807) is 31.3 Å². The molecular weight excluding hydrogens is 576 g/mol. The fourth-order valence-electron chi connectivity index (χ4n) is 4.09. The topological polar surface area (TPSA) is 92.4 Å². The molecule has 4 aromatic rings. The number of aromatic nitrogens is 2. The summed E-state index contributed by atoms with van der Waals surface area (Å²) in [6.45, 7) is 1.56. The molecule has 0 fully saturated rings. The number of hydrogen-bond donors (Lipinski definition) is 2. The van der Waals surface area contributed by atoms with Crippen molar-refractivity contribution >= 4 is 62.1 Å². The van der Waals surface area contributed by atoms with Crippen LogP contribution < -0.4 is 0 Å². The first-order valence-corrected chi connectivity index (χ1v) is 13.2. The molecule has 188 valence electrons. The molecule has 6 nitrogen and oxygen atoms in total. The fraction of sp³-hybridized carbons (Fsp3) is 0.107. The van der Waals surface area contributed by atoms with E-state index in [9.17, 15) is 19.8 Å². The largest absolute Gasteiger partial charge is 0.480 e. The maximum Gasteiger partial charge on any atom is 0.333 e. The Hall–Kier alpha value is -3.33. The minimum Gasteiger partial charge on any atom is -0.480 e. The zero-order chi connectivity index (χ0) is 26.6. The van der Waals surface area contributed by atoms with Crippen LogP contribution in [-0.4, -0.2) is 36.4 Å². The quantitative estimate of drug-likeness (QED) is 0.253. The fourth-order valence-corrected chi connectivity index (χ4v) is 6.19. The summed E-state index contributed by atoms with van der Waals surface area (Å²) >= 11 is 10.4. The number of carbonyl (C=O) groups is 2. The lowest BCUT2D eigenvalue weighted by atomic mass is 9.82. The van der Waals surface area contributed by atoms with E-state index in [-0.39, 0.29) is 10.6 Å². The molecule has 2 aromatic heterocycles. The average Bonchev–Trinajstić information content (AvgIpc) is 3.31. The Morgan fingerprint density at radius 2 is 1.86 bits per heavy atom. The molecule has 37 heavy (non-hydrogen) atoms. The second kappa shape index (κ2) is 11.4. The van der Waals surface area contributed by atoms with E-state index in [2.05, 4.69) is 68.1 Å². The van der Waals surface area contributed by atoms with Crippen LogP contribution in [0.2, 0.25) is 0 Å². The first-order valence-electron chi connectivity index (χ1n) is 11.2. The highest BCUT2D eigenvalue weighted by Gasteiger charge is 2.48. The molecule has 2 atom stereocenters. The molecule has 0 aliphatic heterocycles. The first-order chi connectivity index (χ1) is 17.7. The number of nitrogens with zero attached hydrogens (tertiary/aromatic N) is 2. The van der Waals surface area contributed by atoms with Gasteiger partial charge in [0, 0.05) is 27.7 Å². The predicted molar refractivity (Wildman–Crippen MR) is 150 cm³/mol. The van der Waals surface area contributed by atoms with Crippen molar-refractivity contribution < 1.29 is 19.8 Å².